The van der Waals surface area contributed by atoms with Crippen LogP contribution in [-0.4, -0.2) is 72.7 Å². The molecule has 0 saturated carbocycles. The number of benzene rings is 1. The van der Waals surface area contributed by atoms with Crippen molar-refractivity contribution < 1.29 is 23.8 Å². The Morgan fingerprint density at radius 1 is 1.42 bits per heavy atom. The molecule has 1 heterocycles. The number of carboxylic acids is 1. The summed E-state index contributed by atoms with van der Waals surface area (Å²) in [5, 5.41) is 8.71. The van der Waals surface area contributed by atoms with Gasteiger partial charge < -0.3 is 14.7 Å². The van der Waals surface area contributed by atoms with Crippen LogP contribution in [0.5, 0.6) is 0 Å². The highest BCUT2D eigenvalue weighted by molar-refractivity contribution is 6.36. The van der Waals surface area contributed by atoms with E-state index in [0.29, 0.717) is 19.7 Å². The SMILES string of the molecule is CN(CC(=O)O)C[C@@H]1CN(C(=O)c2cc(F)c(Cl)cc2Cl)CCO1. The molecule has 0 spiro atoms. The molecule has 1 N–H and O–H groups in total. The average Bonchev–Trinajstić information content (AvgIpc) is 2.49. The van der Waals surface area contributed by atoms with Crippen LogP contribution in [0.15, 0.2) is 12.1 Å². The van der Waals surface area contributed by atoms with Crippen molar-refractivity contribution in [3.8, 4) is 0 Å². The molecular weight excluding hydrogens is 362 g/mol. The van der Waals surface area contributed by atoms with Gasteiger partial charge in [0.15, 0.2) is 0 Å². The van der Waals surface area contributed by atoms with Gasteiger partial charge in [-0.3, -0.25) is 14.5 Å². The number of carbonyl (C=O) groups is 2. The van der Waals surface area contributed by atoms with Crippen molar-refractivity contribution in [1.29, 1.82) is 0 Å². The van der Waals surface area contributed by atoms with E-state index in [1.807, 2.05) is 0 Å². The summed E-state index contributed by atoms with van der Waals surface area (Å²) in [4.78, 5) is 26.4. The van der Waals surface area contributed by atoms with Crippen LogP contribution in [-0.2, 0) is 9.53 Å². The summed E-state index contributed by atoms with van der Waals surface area (Å²) in [5.74, 6) is -2.06. The Balaban J connectivity index is 2.05. The molecule has 24 heavy (non-hydrogen) atoms. The zero-order valence-electron chi connectivity index (χ0n) is 13.0. The van der Waals surface area contributed by atoms with Gasteiger partial charge in [-0.2, -0.15) is 0 Å². The van der Waals surface area contributed by atoms with Crippen LogP contribution in [0.2, 0.25) is 10.0 Å². The largest absolute Gasteiger partial charge is 0.480 e. The molecule has 0 aromatic heterocycles. The number of carbonyl (C=O) groups excluding carboxylic acids is 1. The average molecular weight is 379 g/mol. The Hall–Kier alpha value is -1.41. The topological polar surface area (TPSA) is 70.1 Å². The Kier molecular flexibility index (Phi) is 6.40. The minimum Gasteiger partial charge on any atom is -0.480 e. The molecule has 2 rings (SSSR count). The van der Waals surface area contributed by atoms with Gasteiger partial charge >= 0.3 is 5.97 Å². The highest BCUT2D eigenvalue weighted by Crippen LogP contribution is 2.26. The van der Waals surface area contributed by atoms with Gasteiger partial charge in [-0.1, -0.05) is 23.2 Å². The second kappa shape index (κ2) is 8.11. The van der Waals surface area contributed by atoms with Crippen LogP contribution in [0.1, 0.15) is 10.4 Å². The Bertz CT molecular complexity index is 644. The minimum atomic E-state index is -0.940. The number of rotatable bonds is 5. The maximum atomic E-state index is 13.6. The van der Waals surface area contributed by atoms with Crippen LogP contribution in [0.3, 0.4) is 0 Å². The standard InChI is InChI=1S/C15H17Cl2FN2O4/c1-19(8-14(21)22)6-9-7-20(2-3-24-9)15(23)10-4-13(18)12(17)5-11(10)16/h4-5,9H,2-3,6-8H2,1H3,(H,21,22)/t9-/m1/s1. The fourth-order valence-corrected chi connectivity index (χ4v) is 2.98. The third-order valence-electron chi connectivity index (χ3n) is 3.59. The first-order valence-electron chi connectivity index (χ1n) is 7.23. The number of aliphatic carboxylic acids is 1. The Morgan fingerprint density at radius 3 is 2.79 bits per heavy atom. The maximum absolute atomic E-state index is 13.6. The first-order chi connectivity index (χ1) is 11.3. The predicted octanol–water partition coefficient (Wildman–Crippen LogP) is 1.99. The first kappa shape index (κ1) is 18.9. The fourth-order valence-electron chi connectivity index (χ4n) is 2.51. The Morgan fingerprint density at radius 2 is 2.12 bits per heavy atom. The number of halogens is 3. The lowest BCUT2D eigenvalue weighted by Gasteiger charge is -2.34. The van der Waals surface area contributed by atoms with E-state index in [1.54, 1.807) is 11.9 Å². The second-order valence-electron chi connectivity index (χ2n) is 5.58. The third kappa shape index (κ3) is 4.80. The van der Waals surface area contributed by atoms with Crippen molar-refractivity contribution in [3.63, 3.8) is 0 Å². The van der Waals surface area contributed by atoms with Crippen LogP contribution >= 0.6 is 23.2 Å². The number of amides is 1. The van der Waals surface area contributed by atoms with Crippen LogP contribution < -0.4 is 0 Å². The van der Waals surface area contributed by atoms with Crippen LogP contribution in [0.25, 0.3) is 0 Å². The molecule has 1 aromatic rings. The lowest BCUT2D eigenvalue weighted by molar-refractivity contribution is -0.138. The summed E-state index contributed by atoms with van der Waals surface area (Å²) < 4.78 is 19.2. The van der Waals surface area contributed by atoms with E-state index < -0.39 is 17.7 Å². The molecule has 0 aliphatic carbocycles. The quantitative estimate of drug-likeness (QED) is 0.793. The van der Waals surface area contributed by atoms with E-state index in [-0.39, 0.29) is 34.8 Å². The van der Waals surface area contributed by atoms with E-state index in [9.17, 15) is 14.0 Å². The summed E-state index contributed by atoms with van der Waals surface area (Å²) in [7, 11) is 1.66. The maximum Gasteiger partial charge on any atom is 0.317 e. The molecule has 0 bridgehead atoms. The second-order valence-corrected chi connectivity index (χ2v) is 6.40. The number of hydrogen-bond donors (Lipinski definition) is 1. The number of likely N-dealkylation sites (N-methyl/N-ethyl adjacent to an activating group) is 1. The number of hydrogen-bond acceptors (Lipinski definition) is 4. The van der Waals surface area contributed by atoms with Gasteiger partial charge in [0.05, 0.1) is 34.9 Å². The molecule has 6 nitrogen and oxygen atoms in total. The molecule has 0 unspecified atom stereocenters. The molecule has 9 heteroatoms. The van der Waals surface area contributed by atoms with Crippen molar-refractivity contribution in [2.24, 2.45) is 0 Å². The summed E-state index contributed by atoms with van der Waals surface area (Å²) in [6, 6.07) is 2.22. The smallest absolute Gasteiger partial charge is 0.317 e. The van der Waals surface area contributed by atoms with Crippen LogP contribution in [0, 0.1) is 5.82 Å². The van der Waals surface area contributed by atoms with Gasteiger partial charge in [0, 0.05) is 19.6 Å². The lowest BCUT2D eigenvalue weighted by atomic mass is 10.1. The monoisotopic (exact) mass is 378 g/mol. The van der Waals surface area contributed by atoms with Gasteiger partial charge in [-0.25, -0.2) is 4.39 Å². The van der Waals surface area contributed by atoms with E-state index in [0.717, 1.165) is 6.07 Å². The van der Waals surface area contributed by atoms with E-state index in [4.69, 9.17) is 33.0 Å². The number of morpholine rings is 1. The molecule has 1 aliphatic rings. The summed E-state index contributed by atoms with van der Waals surface area (Å²) in [6.07, 6.45) is -0.331. The minimum absolute atomic E-state index is 0.0399. The molecule has 1 fully saturated rings. The van der Waals surface area contributed by atoms with Gasteiger partial charge in [-0.15, -0.1) is 0 Å². The van der Waals surface area contributed by atoms with Crippen LogP contribution in [0.4, 0.5) is 4.39 Å². The highest BCUT2D eigenvalue weighted by Gasteiger charge is 2.28. The van der Waals surface area contributed by atoms with Gasteiger partial charge in [0.25, 0.3) is 5.91 Å². The Labute approximate surface area is 148 Å². The van der Waals surface area contributed by atoms with E-state index in [1.165, 1.54) is 11.0 Å². The molecule has 1 aromatic carbocycles. The van der Waals surface area contributed by atoms with Crippen molar-refractivity contribution in [2.75, 3.05) is 39.8 Å². The molecule has 1 saturated heterocycles. The zero-order valence-corrected chi connectivity index (χ0v) is 14.5. The predicted molar refractivity (Wildman–Crippen MR) is 87.2 cm³/mol. The zero-order chi connectivity index (χ0) is 17.9. The van der Waals surface area contributed by atoms with Crippen molar-refractivity contribution in [2.45, 2.75) is 6.10 Å². The van der Waals surface area contributed by atoms with Gasteiger partial charge in [0.1, 0.15) is 5.82 Å². The lowest BCUT2D eigenvalue weighted by Crippen LogP contribution is -2.49. The van der Waals surface area contributed by atoms with Crippen molar-refractivity contribution in [3.05, 3.63) is 33.6 Å². The molecule has 1 amide bonds. The first-order valence-corrected chi connectivity index (χ1v) is 7.99. The third-order valence-corrected chi connectivity index (χ3v) is 4.19. The summed E-state index contributed by atoms with van der Waals surface area (Å²) in [6.45, 7) is 1.16. The van der Waals surface area contributed by atoms with Gasteiger partial charge in [-0.05, 0) is 19.2 Å². The number of carboxylic acid groups (broad SMARTS) is 1. The number of nitrogens with zero attached hydrogens (tertiary/aromatic N) is 2. The van der Waals surface area contributed by atoms with Gasteiger partial charge in [0.2, 0.25) is 0 Å². The highest BCUT2D eigenvalue weighted by atomic mass is 35.5. The van der Waals surface area contributed by atoms with E-state index in [2.05, 4.69) is 0 Å². The van der Waals surface area contributed by atoms with E-state index >= 15 is 0 Å². The van der Waals surface area contributed by atoms with Crippen molar-refractivity contribution in [1.82, 2.24) is 9.80 Å². The fraction of sp³-hybridized carbons (Fsp3) is 0.467. The molecule has 132 valence electrons. The summed E-state index contributed by atoms with van der Waals surface area (Å²) in [5.41, 5.74) is 0.0399. The normalized spacial score (nSPS) is 18.0. The number of ether oxygens (including phenoxy) is 1. The molecular formula is C15H17Cl2FN2O4. The molecule has 1 aliphatic heterocycles. The molecule has 0 radical (unpaired) electrons. The van der Waals surface area contributed by atoms with Crippen molar-refractivity contribution >= 4 is 35.1 Å². The molecule has 1 atom stereocenters. The summed E-state index contributed by atoms with van der Waals surface area (Å²) >= 11 is 11.6.